The average Bonchev–Trinajstić information content (AvgIpc) is 2.57. The first-order valence-corrected chi connectivity index (χ1v) is 7.32. The molecular formula is C16H23NS. The van der Waals surface area contributed by atoms with E-state index in [1.54, 1.807) is 0 Å². The molecular weight excluding hydrogens is 238 g/mol. The number of thiophene rings is 1. The minimum Gasteiger partial charge on any atom is -0.245 e. The lowest BCUT2D eigenvalue weighted by molar-refractivity contribution is 0.590. The maximum absolute atomic E-state index is 4.61. The van der Waals surface area contributed by atoms with Crippen molar-refractivity contribution in [2.24, 2.45) is 0 Å². The lowest BCUT2D eigenvalue weighted by Crippen LogP contribution is -2.14. The van der Waals surface area contributed by atoms with Crippen LogP contribution in [-0.2, 0) is 10.8 Å². The van der Waals surface area contributed by atoms with Gasteiger partial charge in [-0.15, -0.1) is 11.3 Å². The van der Waals surface area contributed by atoms with Crippen molar-refractivity contribution in [2.45, 2.75) is 59.3 Å². The first-order valence-electron chi connectivity index (χ1n) is 6.51. The number of fused-ring (bicyclic) bond motifs is 1. The van der Waals surface area contributed by atoms with Crippen molar-refractivity contribution < 1.29 is 0 Å². The third-order valence-corrected chi connectivity index (χ3v) is 4.71. The van der Waals surface area contributed by atoms with Crippen LogP contribution in [0.1, 0.15) is 57.5 Å². The fourth-order valence-electron chi connectivity index (χ4n) is 2.45. The lowest BCUT2D eigenvalue weighted by atomic mass is 9.82. The highest BCUT2D eigenvalue weighted by atomic mass is 32.1. The van der Waals surface area contributed by atoms with Gasteiger partial charge in [0.1, 0.15) is 4.83 Å². The molecule has 0 aromatic carbocycles. The summed E-state index contributed by atoms with van der Waals surface area (Å²) in [6.45, 7) is 15.8. The summed E-state index contributed by atoms with van der Waals surface area (Å²) < 4.78 is 0. The predicted octanol–water partition coefficient (Wildman–Crippen LogP) is 5.20. The molecule has 2 rings (SSSR count). The van der Waals surface area contributed by atoms with Crippen molar-refractivity contribution in [2.75, 3.05) is 0 Å². The van der Waals surface area contributed by atoms with Gasteiger partial charge in [0, 0.05) is 16.5 Å². The molecule has 2 aromatic rings. The number of nitrogens with zero attached hydrogens (tertiary/aromatic N) is 1. The third-order valence-electron chi connectivity index (χ3n) is 3.24. The summed E-state index contributed by atoms with van der Waals surface area (Å²) in [6.07, 6.45) is 2.02. The molecule has 0 spiro atoms. The summed E-state index contributed by atoms with van der Waals surface area (Å²) in [6, 6.07) is 2.35. The molecule has 0 unspecified atom stereocenters. The van der Waals surface area contributed by atoms with Crippen LogP contribution in [0.3, 0.4) is 0 Å². The first-order chi connectivity index (χ1) is 8.10. The SMILES string of the molecule is Cc1cnc2sc(C(C)(C)C)cc2c1C(C)(C)C. The molecule has 0 aliphatic carbocycles. The third kappa shape index (κ3) is 2.31. The molecule has 0 atom stereocenters. The van der Waals surface area contributed by atoms with E-state index in [1.807, 2.05) is 17.5 Å². The molecule has 0 aliphatic rings. The molecule has 0 saturated carbocycles. The lowest BCUT2D eigenvalue weighted by Gasteiger charge is -2.22. The van der Waals surface area contributed by atoms with E-state index in [2.05, 4.69) is 59.5 Å². The number of aryl methyl sites for hydroxylation is 1. The Labute approximate surface area is 114 Å². The predicted molar refractivity (Wildman–Crippen MR) is 81.8 cm³/mol. The molecule has 0 radical (unpaired) electrons. The fourth-order valence-corrected chi connectivity index (χ4v) is 3.52. The first kappa shape index (κ1) is 13.5. The molecule has 0 aliphatic heterocycles. The van der Waals surface area contributed by atoms with E-state index >= 15 is 0 Å². The molecule has 0 fully saturated rings. The van der Waals surface area contributed by atoms with E-state index in [4.69, 9.17) is 0 Å². The monoisotopic (exact) mass is 261 g/mol. The Kier molecular flexibility index (Phi) is 3.05. The van der Waals surface area contributed by atoms with Gasteiger partial charge in [-0.05, 0) is 34.9 Å². The second-order valence-corrected chi connectivity index (χ2v) is 8.18. The summed E-state index contributed by atoms with van der Waals surface area (Å²) >= 11 is 1.83. The zero-order valence-electron chi connectivity index (χ0n) is 12.5. The molecule has 0 N–H and O–H groups in total. The fraction of sp³-hybridized carbons (Fsp3) is 0.562. The Bertz CT molecular complexity index is 579. The van der Waals surface area contributed by atoms with Gasteiger partial charge in [-0.1, -0.05) is 41.5 Å². The maximum atomic E-state index is 4.61. The number of aromatic nitrogens is 1. The van der Waals surface area contributed by atoms with Crippen LogP contribution in [0.15, 0.2) is 12.3 Å². The Morgan fingerprint density at radius 2 is 1.61 bits per heavy atom. The molecule has 2 aromatic heterocycles. The molecule has 2 heteroatoms. The number of hydrogen-bond donors (Lipinski definition) is 0. The number of pyridine rings is 1. The van der Waals surface area contributed by atoms with Gasteiger partial charge in [0.05, 0.1) is 0 Å². The van der Waals surface area contributed by atoms with Gasteiger partial charge < -0.3 is 0 Å². The van der Waals surface area contributed by atoms with Gasteiger partial charge >= 0.3 is 0 Å². The smallest absolute Gasteiger partial charge is 0.123 e. The number of hydrogen-bond acceptors (Lipinski definition) is 2. The molecule has 1 nitrogen and oxygen atoms in total. The normalized spacial score (nSPS) is 13.3. The molecule has 0 amide bonds. The van der Waals surface area contributed by atoms with E-state index in [1.165, 1.54) is 26.2 Å². The van der Waals surface area contributed by atoms with Gasteiger partial charge in [-0.25, -0.2) is 4.98 Å². The summed E-state index contributed by atoms with van der Waals surface area (Å²) in [5.41, 5.74) is 3.11. The van der Waals surface area contributed by atoms with Crippen molar-refractivity contribution >= 4 is 21.6 Å². The topological polar surface area (TPSA) is 12.9 Å². The highest BCUT2D eigenvalue weighted by molar-refractivity contribution is 7.18. The highest BCUT2D eigenvalue weighted by Crippen LogP contribution is 2.39. The minimum atomic E-state index is 0.168. The second-order valence-electron chi connectivity index (χ2n) is 7.15. The van der Waals surface area contributed by atoms with Gasteiger partial charge in [-0.3, -0.25) is 0 Å². The van der Waals surface area contributed by atoms with Gasteiger partial charge in [0.2, 0.25) is 0 Å². The van der Waals surface area contributed by atoms with Crippen LogP contribution in [0.2, 0.25) is 0 Å². The Morgan fingerprint density at radius 3 is 2.11 bits per heavy atom. The zero-order valence-corrected chi connectivity index (χ0v) is 13.3. The quantitative estimate of drug-likeness (QED) is 0.635. The van der Waals surface area contributed by atoms with Crippen molar-refractivity contribution in [1.29, 1.82) is 0 Å². The van der Waals surface area contributed by atoms with Gasteiger partial charge in [0.15, 0.2) is 0 Å². The molecule has 0 bridgehead atoms. The van der Waals surface area contributed by atoms with Crippen LogP contribution in [0, 0.1) is 6.92 Å². The highest BCUT2D eigenvalue weighted by Gasteiger charge is 2.24. The Hall–Kier alpha value is -0.890. The van der Waals surface area contributed by atoms with Gasteiger partial charge in [-0.2, -0.15) is 0 Å². The number of rotatable bonds is 0. The Balaban J connectivity index is 2.78. The van der Waals surface area contributed by atoms with Crippen LogP contribution < -0.4 is 0 Å². The largest absolute Gasteiger partial charge is 0.245 e. The summed E-state index contributed by atoms with van der Waals surface area (Å²) in [5, 5.41) is 1.34. The minimum absolute atomic E-state index is 0.168. The summed E-state index contributed by atoms with van der Waals surface area (Å²) in [4.78, 5) is 7.20. The van der Waals surface area contributed by atoms with Crippen LogP contribution in [0.4, 0.5) is 0 Å². The van der Waals surface area contributed by atoms with Crippen LogP contribution in [0.5, 0.6) is 0 Å². The molecule has 18 heavy (non-hydrogen) atoms. The van der Waals surface area contributed by atoms with E-state index in [0.717, 1.165) is 0 Å². The van der Waals surface area contributed by atoms with Crippen LogP contribution >= 0.6 is 11.3 Å². The van der Waals surface area contributed by atoms with E-state index in [-0.39, 0.29) is 10.8 Å². The zero-order chi connectivity index (χ0) is 13.7. The van der Waals surface area contributed by atoms with E-state index in [9.17, 15) is 0 Å². The average molecular weight is 261 g/mol. The molecule has 2 heterocycles. The van der Waals surface area contributed by atoms with Crippen molar-refractivity contribution in [3.8, 4) is 0 Å². The van der Waals surface area contributed by atoms with Crippen molar-refractivity contribution in [3.05, 3.63) is 28.3 Å². The Morgan fingerprint density at radius 1 is 1.00 bits per heavy atom. The van der Waals surface area contributed by atoms with E-state index < -0.39 is 0 Å². The standard InChI is InChI=1S/C16H23NS/c1-10-9-17-14-11(13(10)16(5,6)7)8-12(18-14)15(2,3)4/h8-9H,1-7H3. The van der Waals surface area contributed by atoms with Crippen LogP contribution in [-0.4, -0.2) is 4.98 Å². The van der Waals surface area contributed by atoms with Crippen molar-refractivity contribution in [1.82, 2.24) is 4.98 Å². The molecule has 0 saturated heterocycles. The van der Waals surface area contributed by atoms with Gasteiger partial charge in [0.25, 0.3) is 0 Å². The molecule has 98 valence electrons. The van der Waals surface area contributed by atoms with Crippen LogP contribution in [0.25, 0.3) is 10.2 Å². The summed E-state index contributed by atoms with van der Waals surface area (Å²) in [7, 11) is 0. The van der Waals surface area contributed by atoms with E-state index in [0.29, 0.717) is 0 Å². The van der Waals surface area contributed by atoms with Crippen molar-refractivity contribution in [3.63, 3.8) is 0 Å². The summed E-state index contributed by atoms with van der Waals surface area (Å²) in [5.74, 6) is 0. The second kappa shape index (κ2) is 4.06. The maximum Gasteiger partial charge on any atom is 0.123 e.